The summed E-state index contributed by atoms with van der Waals surface area (Å²) in [7, 11) is 0. The van der Waals surface area contributed by atoms with Crippen LogP contribution in [0.4, 0.5) is 13.9 Å². The molecule has 0 atom stereocenters. The number of carbonyl (C=O) groups is 1. The molecule has 0 aliphatic carbocycles. The number of amides is 1. The van der Waals surface area contributed by atoms with Crippen molar-refractivity contribution < 1.29 is 18.3 Å². The maximum absolute atomic E-state index is 12.3. The van der Waals surface area contributed by atoms with E-state index in [1.165, 1.54) is 29.7 Å². The molecule has 0 saturated heterocycles. The number of ether oxygens (including phenoxy) is 1. The lowest BCUT2D eigenvalue weighted by molar-refractivity contribution is -0.0503. The molecule has 6 nitrogen and oxygen atoms in total. The molecule has 0 bridgehead atoms. The van der Waals surface area contributed by atoms with Crippen LogP contribution < -0.4 is 10.1 Å². The van der Waals surface area contributed by atoms with E-state index in [2.05, 4.69) is 25.2 Å². The van der Waals surface area contributed by atoms with Gasteiger partial charge in [0.05, 0.1) is 0 Å². The van der Waals surface area contributed by atoms with Gasteiger partial charge in [-0.15, -0.1) is 10.2 Å². The summed E-state index contributed by atoms with van der Waals surface area (Å²) in [6.07, 6.45) is 1.31. The van der Waals surface area contributed by atoms with Crippen molar-refractivity contribution >= 4 is 22.4 Å². The van der Waals surface area contributed by atoms with Gasteiger partial charge in [-0.1, -0.05) is 32.1 Å². The van der Waals surface area contributed by atoms with Crippen LogP contribution in [0.25, 0.3) is 0 Å². The van der Waals surface area contributed by atoms with Gasteiger partial charge in [0.2, 0.25) is 5.13 Å². The van der Waals surface area contributed by atoms with E-state index in [0.717, 1.165) is 5.01 Å². The molecule has 2 aromatic rings. The molecule has 118 valence electrons. The average molecular weight is 328 g/mol. The van der Waals surface area contributed by atoms with Gasteiger partial charge in [0, 0.05) is 11.6 Å². The number of aromatic nitrogens is 3. The number of nitrogens with zero attached hydrogens (tertiary/aromatic N) is 3. The van der Waals surface area contributed by atoms with Crippen molar-refractivity contribution in [3.8, 4) is 5.75 Å². The molecule has 0 fully saturated rings. The van der Waals surface area contributed by atoms with Crippen molar-refractivity contribution in [1.29, 1.82) is 0 Å². The Bertz CT molecular complexity index is 670. The number of rotatable bonds is 4. The number of nitrogens with one attached hydrogen (secondary N) is 1. The van der Waals surface area contributed by atoms with Gasteiger partial charge < -0.3 is 4.74 Å². The Kier molecular flexibility index (Phi) is 4.65. The number of alkyl halides is 2. The highest BCUT2D eigenvalue weighted by molar-refractivity contribution is 7.15. The molecule has 0 radical (unpaired) electrons. The van der Waals surface area contributed by atoms with E-state index < -0.39 is 12.5 Å². The van der Waals surface area contributed by atoms with Crippen LogP contribution in [0.3, 0.4) is 0 Å². The van der Waals surface area contributed by atoms with Gasteiger partial charge in [0.15, 0.2) is 11.4 Å². The summed E-state index contributed by atoms with van der Waals surface area (Å²) < 4.78 is 28.9. The molecule has 0 aliphatic heterocycles. The third-order valence-electron chi connectivity index (χ3n) is 2.49. The monoisotopic (exact) mass is 328 g/mol. The second-order valence-corrected chi connectivity index (χ2v) is 6.32. The molecule has 0 unspecified atom stereocenters. The van der Waals surface area contributed by atoms with Gasteiger partial charge >= 0.3 is 6.61 Å². The topological polar surface area (TPSA) is 77.0 Å². The molecule has 2 rings (SSSR count). The Morgan fingerprint density at radius 2 is 2.09 bits per heavy atom. The zero-order valence-electron chi connectivity index (χ0n) is 12.1. The van der Waals surface area contributed by atoms with E-state index in [4.69, 9.17) is 0 Å². The second-order valence-electron chi connectivity index (χ2n) is 5.35. The molecule has 0 spiro atoms. The lowest BCUT2D eigenvalue weighted by atomic mass is 9.98. The molecule has 0 aliphatic rings. The minimum Gasteiger partial charge on any atom is -0.432 e. The first-order chi connectivity index (χ1) is 10.3. The Morgan fingerprint density at radius 1 is 1.36 bits per heavy atom. The summed E-state index contributed by atoms with van der Waals surface area (Å²) in [6, 6.07) is 2.64. The van der Waals surface area contributed by atoms with Crippen LogP contribution in [0.15, 0.2) is 18.3 Å². The number of hydrogen-bond donors (Lipinski definition) is 1. The number of hydrogen-bond acceptors (Lipinski definition) is 6. The van der Waals surface area contributed by atoms with E-state index in [0.29, 0.717) is 0 Å². The lowest BCUT2D eigenvalue weighted by Gasteiger charge is -2.12. The molecule has 2 heterocycles. The lowest BCUT2D eigenvalue weighted by Crippen LogP contribution is -2.16. The smallest absolute Gasteiger partial charge is 0.387 e. The Labute approximate surface area is 129 Å². The van der Waals surface area contributed by atoms with Crippen molar-refractivity contribution in [3.63, 3.8) is 0 Å². The summed E-state index contributed by atoms with van der Waals surface area (Å²) in [5, 5.41) is 11.3. The fourth-order valence-electron chi connectivity index (χ4n) is 1.49. The van der Waals surface area contributed by atoms with E-state index >= 15 is 0 Å². The maximum Gasteiger partial charge on any atom is 0.387 e. The molecule has 0 aromatic carbocycles. The van der Waals surface area contributed by atoms with Crippen molar-refractivity contribution in [2.24, 2.45) is 0 Å². The molecular formula is C13H14F2N4O2S. The summed E-state index contributed by atoms with van der Waals surface area (Å²) in [5.74, 6) is -0.983. The van der Waals surface area contributed by atoms with Crippen LogP contribution >= 0.6 is 11.3 Å². The summed E-state index contributed by atoms with van der Waals surface area (Å²) in [5.41, 5.74) is -0.439. The first-order valence-corrected chi connectivity index (χ1v) is 7.14. The van der Waals surface area contributed by atoms with E-state index in [9.17, 15) is 13.6 Å². The number of anilines is 1. The predicted octanol–water partition coefficient (Wildman–Crippen LogP) is 3.08. The zero-order chi connectivity index (χ0) is 16.3. The van der Waals surface area contributed by atoms with E-state index in [1.54, 1.807) is 0 Å². The minimum atomic E-state index is -3.04. The Balaban J connectivity index is 2.18. The predicted molar refractivity (Wildman–Crippen MR) is 77.4 cm³/mol. The molecule has 1 N–H and O–H groups in total. The molecule has 2 aromatic heterocycles. The number of halogens is 2. The van der Waals surface area contributed by atoms with Gasteiger partial charge in [-0.25, -0.2) is 4.98 Å². The summed E-state index contributed by atoms with van der Waals surface area (Å²) in [4.78, 5) is 15.9. The van der Waals surface area contributed by atoms with Crippen molar-refractivity contribution in [3.05, 3.63) is 29.0 Å². The Hall–Kier alpha value is -2.16. The normalized spacial score (nSPS) is 11.5. The average Bonchev–Trinajstić information content (AvgIpc) is 2.87. The number of carbonyl (C=O) groups excluding carboxylic acids is 1. The highest BCUT2D eigenvalue weighted by Crippen LogP contribution is 2.28. The first kappa shape index (κ1) is 16.2. The van der Waals surface area contributed by atoms with Crippen molar-refractivity contribution in [2.75, 3.05) is 5.32 Å². The van der Waals surface area contributed by atoms with Gasteiger partial charge in [-0.2, -0.15) is 8.78 Å². The summed E-state index contributed by atoms with van der Waals surface area (Å²) >= 11 is 1.21. The molecule has 22 heavy (non-hydrogen) atoms. The zero-order valence-corrected chi connectivity index (χ0v) is 12.9. The van der Waals surface area contributed by atoms with Crippen LogP contribution in [0.2, 0.25) is 0 Å². The van der Waals surface area contributed by atoms with E-state index in [-0.39, 0.29) is 22.0 Å². The quantitative estimate of drug-likeness (QED) is 0.933. The number of pyridine rings is 1. The van der Waals surface area contributed by atoms with Crippen LogP contribution in [0.5, 0.6) is 5.75 Å². The largest absolute Gasteiger partial charge is 0.432 e. The second kappa shape index (κ2) is 6.30. The van der Waals surface area contributed by atoms with Crippen LogP contribution in [-0.4, -0.2) is 27.7 Å². The maximum atomic E-state index is 12.3. The fraction of sp³-hybridized carbons (Fsp3) is 0.385. The first-order valence-electron chi connectivity index (χ1n) is 6.32. The standard InChI is InChI=1S/C13H14F2N4O2S/c1-13(2,3)10-18-19-12(22-10)17-9(20)8-7(21-11(14)15)5-4-6-16-8/h4-6,11H,1-3H3,(H,17,19,20). The molecule has 0 saturated carbocycles. The SMILES string of the molecule is CC(C)(C)c1nnc(NC(=O)c2ncccc2OC(F)F)s1. The van der Waals surface area contributed by atoms with Crippen molar-refractivity contribution in [2.45, 2.75) is 32.8 Å². The molecule has 9 heteroatoms. The Morgan fingerprint density at radius 3 is 2.68 bits per heavy atom. The van der Waals surface area contributed by atoms with Crippen LogP contribution in [-0.2, 0) is 5.41 Å². The minimum absolute atomic E-state index is 0.199. The van der Waals surface area contributed by atoms with Gasteiger partial charge in [-0.3, -0.25) is 10.1 Å². The molecular weight excluding hydrogens is 314 g/mol. The van der Waals surface area contributed by atoms with Crippen LogP contribution in [0, 0.1) is 0 Å². The third kappa shape index (κ3) is 3.94. The summed E-state index contributed by atoms with van der Waals surface area (Å²) in [6.45, 7) is 2.86. The van der Waals surface area contributed by atoms with Crippen molar-refractivity contribution in [1.82, 2.24) is 15.2 Å². The fourth-order valence-corrected chi connectivity index (χ4v) is 2.28. The third-order valence-corrected chi connectivity index (χ3v) is 3.75. The van der Waals surface area contributed by atoms with Gasteiger partial charge in [0.25, 0.3) is 5.91 Å². The highest BCUT2D eigenvalue weighted by atomic mass is 32.1. The van der Waals surface area contributed by atoms with Crippen LogP contribution in [0.1, 0.15) is 36.3 Å². The van der Waals surface area contributed by atoms with Gasteiger partial charge in [0.1, 0.15) is 5.01 Å². The van der Waals surface area contributed by atoms with Gasteiger partial charge in [-0.05, 0) is 12.1 Å². The molecule has 1 amide bonds. The van der Waals surface area contributed by atoms with E-state index in [1.807, 2.05) is 20.8 Å². The highest BCUT2D eigenvalue weighted by Gasteiger charge is 2.22.